The van der Waals surface area contributed by atoms with Crippen molar-refractivity contribution in [1.82, 2.24) is 30.8 Å². The number of piperidine rings is 1. The van der Waals surface area contributed by atoms with Crippen LogP contribution >= 0.6 is 0 Å². The number of tetrazole rings is 1. The van der Waals surface area contributed by atoms with Crippen molar-refractivity contribution >= 4 is 29.2 Å². The number of anilines is 2. The van der Waals surface area contributed by atoms with Crippen LogP contribution in [0.5, 0.6) is 5.75 Å². The number of nitrogens with zero attached hydrogens (tertiary/aromatic N) is 5. The number of ether oxygens (including phenoxy) is 1. The van der Waals surface area contributed by atoms with Gasteiger partial charge in [0.1, 0.15) is 30.8 Å². The van der Waals surface area contributed by atoms with E-state index in [1.54, 1.807) is 29.2 Å². The minimum atomic E-state index is -1.14. The number of rotatable bonds is 5. The van der Waals surface area contributed by atoms with Crippen molar-refractivity contribution in [2.24, 2.45) is 10.8 Å². The summed E-state index contributed by atoms with van der Waals surface area (Å²) in [4.78, 5) is 43.3. The number of carbonyl (C=O) groups is 3. The third kappa shape index (κ3) is 6.44. The minimum absolute atomic E-state index is 0.0895. The zero-order chi connectivity index (χ0) is 29.4. The van der Waals surface area contributed by atoms with Gasteiger partial charge in [-0.2, -0.15) is 0 Å². The molecule has 3 aromatic rings. The van der Waals surface area contributed by atoms with Crippen LogP contribution in [0.2, 0.25) is 0 Å². The van der Waals surface area contributed by atoms with Gasteiger partial charge in [-0.25, -0.2) is 14.3 Å². The fourth-order valence-electron chi connectivity index (χ4n) is 5.90. The fourth-order valence-corrected chi connectivity index (χ4v) is 5.90. The van der Waals surface area contributed by atoms with Gasteiger partial charge in [-0.1, -0.05) is 39.8 Å². The standard InChI is InChI=1S/C28H33FN8O4/c1-27(2)14-28(3,4)16-36(15-27)23(38)12-37-21-9-8-18(29)11-22(21)41-13-20(25(37)39)31-26(40)30-19-7-5-6-17(10-19)24-32-34-35-33-24/h5-11,20H,12-16H2,1-4H3,(H2,30,31,40)(H,32,33,34,35). The van der Waals surface area contributed by atoms with Crippen molar-refractivity contribution in [1.29, 1.82) is 0 Å². The molecule has 0 spiro atoms. The molecular weight excluding hydrogens is 531 g/mol. The van der Waals surface area contributed by atoms with Crippen LogP contribution in [0.3, 0.4) is 0 Å². The maximum Gasteiger partial charge on any atom is 0.320 e. The lowest BCUT2D eigenvalue weighted by atomic mass is 9.71. The first kappa shape index (κ1) is 28.0. The number of fused-ring (bicyclic) bond motifs is 1. The lowest BCUT2D eigenvalue weighted by molar-refractivity contribution is -0.137. The average Bonchev–Trinajstić information content (AvgIpc) is 3.39. The second kappa shape index (κ2) is 10.8. The number of halogens is 1. The van der Waals surface area contributed by atoms with Crippen LogP contribution in [0, 0.1) is 16.6 Å². The normalized spacial score (nSPS) is 19.5. The van der Waals surface area contributed by atoms with E-state index in [0.29, 0.717) is 30.2 Å². The summed E-state index contributed by atoms with van der Waals surface area (Å²) in [6.07, 6.45) is 0.960. The van der Waals surface area contributed by atoms with E-state index in [0.717, 1.165) is 6.42 Å². The molecule has 2 aliphatic heterocycles. The molecule has 0 bridgehead atoms. The van der Waals surface area contributed by atoms with Gasteiger partial charge < -0.3 is 20.3 Å². The number of urea groups is 1. The zero-order valence-electron chi connectivity index (χ0n) is 23.4. The Labute approximate surface area is 236 Å². The number of H-pyrrole nitrogens is 1. The van der Waals surface area contributed by atoms with E-state index < -0.39 is 23.8 Å². The molecule has 5 rings (SSSR count). The topological polar surface area (TPSA) is 145 Å². The Kier molecular flexibility index (Phi) is 7.37. The molecule has 41 heavy (non-hydrogen) atoms. The quantitative estimate of drug-likeness (QED) is 0.431. The van der Waals surface area contributed by atoms with Gasteiger partial charge in [-0.05, 0) is 51.9 Å². The number of aromatic nitrogens is 4. The van der Waals surface area contributed by atoms with E-state index in [9.17, 15) is 18.8 Å². The molecular formula is C28H33FN8O4. The van der Waals surface area contributed by atoms with Crippen LogP contribution in [0.1, 0.15) is 34.1 Å². The first-order valence-corrected chi connectivity index (χ1v) is 13.3. The van der Waals surface area contributed by atoms with Crippen molar-refractivity contribution < 1.29 is 23.5 Å². The van der Waals surface area contributed by atoms with Crippen molar-refractivity contribution in [3.05, 3.63) is 48.3 Å². The van der Waals surface area contributed by atoms with E-state index in [1.807, 2.05) is 0 Å². The van der Waals surface area contributed by atoms with Gasteiger partial charge >= 0.3 is 6.03 Å². The largest absolute Gasteiger partial charge is 0.489 e. The molecule has 4 amide bonds. The molecule has 3 heterocycles. The highest BCUT2D eigenvalue weighted by Crippen LogP contribution is 2.40. The lowest BCUT2D eigenvalue weighted by Gasteiger charge is -2.47. The number of carbonyl (C=O) groups excluding carboxylic acids is 3. The Morgan fingerprint density at radius 2 is 1.88 bits per heavy atom. The van der Waals surface area contributed by atoms with Gasteiger partial charge in [0.05, 0.1) is 5.69 Å². The number of aromatic amines is 1. The average molecular weight is 565 g/mol. The molecule has 2 aliphatic rings. The summed E-state index contributed by atoms with van der Waals surface area (Å²) in [5.41, 5.74) is 1.17. The van der Waals surface area contributed by atoms with Crippen LogP contribution in [-0.2, 0) is 9.59 Å². The van der Waals surface area contributed by atoms with Gasteiger partial charge in [0.25, 0.3) is 5.91 Å². The third-order valence-electron chi connectivity index (χ3n) is 7.07. The van der Waals surface area contributed by atoms with Gasteiger partial charge in [0.15, 0.2) is 5.82 Å². The highest BCUT2D eigenvalue weighted by atomic mass is 19.1. The smallest absolute Gasteiger partial charge is 0.320 e. The van der Waals surface area contributed by atoms with Crippen LogP contribution in [0.4, 0.5) is 20.6 Å². The maximum absolute atomic E-state index is 14.1. The van der Waals surface area contributed by atoms with E-state index >= 15 is 0 Å². The van der Waals surface area contributed by atoms with Crippen molar-refractivity contribution in [2.45, 2.75) is 40.2 Å². The van der Waals surface area contributed by atoms with Crippen LogP contribution in [-0.4, -0.2) is 75.7 Å². The highest BCUT2D eigenvalue weighted by Gasteiger charge is 2.41. The summed E-state index contributed by atoms with van der Waals surface area (Å²) in [5.74, 6) is -0.794. The molecule has 1 fully saturated rings. The van der Waals surface area contributed by atoms with Crippen LogP contribution in [0.15, 0.2) is 42.5 Å². The molecule has 0 saturated carbocycles. The van der Waals surface area contributed by atoms with Gasteiger partial charge in [-0.15, -0.1) is 5.10 Å². The van der Waals surface area contributed by atoms with Crippen molar-refractivity contribution in [2.75, 3.05) is 36.5 Å². The van der Waals surface area contributed by atoms with E-state index in [4.69, 9.17) is 4.74 Å². The zero-order valence-corrected chi connectivity index (χ0v) is 23.4. The summed E-state index contributed by atoms with van der Waals surface area (Å²) in [5, 5.41) is 18.9. The molecule has 13 heteroatoms. The van der Waals surface area contributed by atoms with Crippen molar-refractivity contribution in [3.8, 4) is 17.1 Å². The summed E-state index contributed by atoms with van der Waals surface area (Å²) in [6, 6.07) is 8.79. The second-order valence-corrected chi connectivity index (χ2v) is 12.1. The molecule has 0 aliphatic carbocycles. The molecule has 2 aromatic carbocycles. The maximum atomic E-state index is 14.1. The van der Waals surface area contributed by atoms with Crippen molar-refractivity contribution in [3.63, 3.8) is 0 Å². The van der Waals surface area contributed by atoms with Gasteiger partial charge in [0.2, 0.25) is 5.91 Å². The fraction of sp³-hybridized carbons (Fsp3) is 0.429. The Balaban J connectivity index is 1.34. The number of likely N-dealkylation sites (tertiary alicyclic amines) is 1. The molecule has 216 valence electrons. The van der Waals surface area contributed by atoms with Gasteiger partial charge in [0, 0.05) is 30.4 Å². The van der Waals surface area contributed by atoms with E-state index in [1.165, 1.54) is 23.1 Å². The molecule has 1 aromatic heterocycles. The summed E-state index contributed by atoms with van der Waals surface area (Å²) >= 11 is 0. The first-order valence-electron chi connectivity index (χ1n) is 13.3. The number of amides is 4. The molecule has 12 nitrogen and oxygen atoms in total. The minimum Gasteiger partial charge on any atom is -0.489 e. The summed E-state index contributed by atoms with van der Waals surface area (Å²) in [6.45, 7) is 9.05. The molecule has 1 atom stereocenters. The number of hydrogen-bond acceptors (Lipinski definition) is 7. The Morgan fingerprint density at radius 1 is 1.12 bits per heavy atom. The number of hydrogen-bond donors (Lipinski definition) is 3. The SMILES string of the molecule is CC1(C)CN(C(=O)CN2C(=O)C(NC(=O)Nc3cccc(-c4nnn[nH]4)c3)COc3cc(F)ccc32)CC(C)(C)C1. The Morgan fingerprint density at radius 3 is 2.59 bits per heavy atom. The summed E-state index contributed by atoms with van der Waals surface area (Å²) in [7, 11) is 0. The second-order valence-electron chi connectivity index (χ2n) is 12.1. The number of benzene rings is 2. The predicted molar refractivity (Wildman–Crippen MR) is 149 cm³/mol. The molecule has 0 radical (unpaired) electrons. The van der Waals surface area contributed by atoms with Gasteiger partial charge in [-0.3, -0.25) is 14.5 Å². The van der Waals surface area contributed by atoms with E-state index in [-0.39, 0.29) is 41.3 Å². The Bertz CT molecular complexity index is 1440. The van der Waals surface area contributed by atoms with Crippen LogP contribution in [0.25, 0.3) is 11.4 Å². The molecule has 1 unspecified atom stereocenters. The highest BCUT2D eigenvalue weighted by molar-refractivity contribution is 6.05. The predicted octanol–water partition coefficient (Wildman–Crippen LogP) is 3.21. The lowest BCUT2D eigenvalue weighted by Crippen LogP contribution is -2.56. The Hall–Kier alpha value is -4.55. The first-order chi connectivity index (χ1) is 19.4. The molecule has 3 N–H and O–H groups in total. The van der Waals surface area contributed by atoms with E-state index in [2.05, 4.69) is 59.0 Å². The molecule has 1 saturated heterocycles. The monoisotopic (exact) mass is 564 g/mol. The van der Waals surface area contributed by atoms with Crippen LogP contribution < -0.4 is 20.3 Å². The summed E-state index contributed by atoms with van der Waals surface area (Å²) < 4.78 is 19.9. The third-order valence-corrected chi connectivity index (χ3v) is 7.07. The number of nitrogens with one attached hydrogen (secondary N) is 3.